The van der Waals surface area contributed by atoms with Crippen LogP contribution < -0.4 is 11.1 Å². The summed E-state index contributed by atoms with van der Waals surface area (Å²) in [6, 6.07) is 2.70. The van der Waals surface area contributed by atoms with E-state index in [0.717, 1.165) is 0 Å². The minimum Gasteiger partial charge on any atom is -0.465 e. The quantitative estimate of drug-likeness (QED) is 0.456. The molecule has 1 aromatic carbocycles. The lowest BCUT2D eigenvalue weighted by molar-refractivity contribution is 0.0140. The van der Waals surface area contributed by atoms with Crippen LogP contribution in [0.15, 0.2) is 12.1 Å². The first-order valence-corrected chi connectivity index (χ1v) is 6.48. The zero-order valence-corrected chi connectivity index (χ0v) is 12.1. The molecule has 1 aromatic rings. The molecule has 112 valence electrons. The molecular weight excluding hydrogens is 284 g/mol. The normalized spacial score (nSPS) is 13.8. The van der Waals surface area contributed by atoms with Crippen molar-refractivity contribution in [3.8, 4) is 0 Å². The average molecular weight is 303 g/mol. The summed E-state index contributed by atoms with van der Waals surface area (Å²) in [5, 5.41) is 23.1. The third-order valence-electron chi connectivity index (χ3n) is 2.95. The second-order valence-corrected chi connectivity index (χ2v) is 4.76. The summed E-state index contributed by atoms with van der Waals surface area (Å²) in [6.45, 7) is 0.536. The van der Waals surface area contributed by atoms with Gasteiger partial charge in [-0.25, -0.2) is 4.79 Å². The fraction of sp³-hybridized carbons (Fsp3) is 0.462. The lowest BCUT2D eigenvalue weighted by atomic mass is 9.99. The van der Waals surface area contributed by atoms with Crippen molar-refractivity contribution in [1.29, 1.82) is 0 Å². The highest BCUT2D eigenvalue weighted by Gasteiger charge is 2.23. The number of hydrogen-bond acceptors (Lipinski definition) is 6. The van der Waals surface area contributed by atoms with E-state index in [9.17, 15) is 15.0 Å². The maximum atomic E-state index is 11.6. The second kappa shape index (κ2) is 7.44. The number of aliphatic hydroxyl groups is 2. The summed E-state index contributed by atoms with van der Waals surface area (Å²) in [5.74, 6) is -0.627. The first-order chi connectivity index (χ1) is 9.42. The maximum Gasteiger partial charge on any atom is 0.339 e. The van der Waals surface area contributed by atoms with Gasteiger partial charge in [-0.1, -0.05) is 11.6 Å². The van der Waals surface area contributed by atoms with Gasteiger partial charge in [-0.05, 0) is 32.1 Å². The summed E-state index contributed by atoms with van der Waals surface area (Å²) in [6.07, 6.45) is -1.87. The Morgan fingerprint density at radius 3 is 2.70 bits per heavy atom. The summed E-state index contributed by atoms with van der Waals surface area (Å²) < 4.78 is 4.60. The van der Waals surface area contributed by atoms with E-state index in [1.807, 2.05) is 0 Å². The molecule has 2 unspecified atom stereocenters. The lowest BCUT2D eigenvalue weighted by Gasteiger charge is -2.20. The van der Waals surface area contributed by atoms with Crippen molar-refractivity contribution in [3.05, 3.63) is 28.3 Å². The number of carbonyl (C=O) groups is 1. The number of esters is 1. The van der Waals surface area contributed by atoms with Gasteiger partial charge in [-0.15, -0.1) is 0 Å². The Morgan fingerprint density at radius 1 is 1.50 bits per heavy atom. The largest absolute Gasteiger partial charge is 0.465 e. The Hall–Kier alpha value is -1.34. The van der Waals surface area contributed by atoms with Crippen LogP contribution in [-0.4, -0.2) is 43.0 Å². The third-order valence-corrected chi connectivity index (χ3v) is 3.27. The third kappa shape index (κ3) is 3.83. The van der Waals surface area contributed by atoms with E-state index in [0.29, 0.717) is 13.0 Å². The molecule has 0 radical (unpaired) electrons. The molecule has 0 saturated heterocycles. The fourth-order valence-corrected chi connectivity index (χ4v) is 2.06. The summed E-state index contributed by atoms with van der Waals surface area (Å²) in [4.78, 5) is 11.6. The van der Waals surface area contributed by atoms with Gasteiger partial charge in [0.25, 0.3) is 0 Å². The Labute approximate surface area is 122 Å². The zero-order chi connectivity index (χ0) is 15.3. The molecule has 2 atom stereocenters. The van der Waals surface area contributed by atoms with Crippen molar-refractivity contribution >= 4 is 23.3 Å². The van der Waals surface area contributed by atoms with Gasteiger partial charge in [-0.3, -0.25) is 0 Å². The molecule has 5 N–H and O–H groups in total. The van der Waals surface area contributed by atoms with Crippen LogP contribution in [0.5, 0.6) is 0 Å². The van der Waals surface area contributed by atoms with Crippen LogP contribution in [0.25, 0.3) is 0 Å². The fourth-order valence-electron chi connectivity index (χ4n) is 1.78. The number of nitrogens with one attached hydrogen (secondary N) is 1. The molecule has 0 aliphatic rings. The predicted octanol–water partition coefficient (Wildman–Crippen LogP) is 0.713. The van der Waals surface area contributed by atoms with Crippen LogP contribution in [-0.2, 0) is 4.74 Å². The van der Waals surface area contributed by atoms with Gasteiger partial charge in [0.2, 0.25) is 0 Å². The number of nitrogen functional groups attached to an aromatic ring is 1. The number of rotatable bonds is 6. The van der Waals surface area contributed by atoms with Crippen LogP contribution >= 0.6 is 11.6 Å². The van der Waals surface area contributed by atoms with Gasteiger partial charge in [-0.2, -0.15) is 0 Å². The highest BCUT2D eigenvalue weighted by atomic mass is 35.5. The van der Waals surface area contributed by atoms with Crippen LogP contribution in [0.2, 0.25) is 5.02 Å². The van der Waals surface area contributed by atoms with Gasteiger partial charge in [0, 0.05) is 16.3 Å². The van der Waals surface area contributed by atoms with Crippen LogP contribution in [0.1, 0.15) is 28.4 Å². The van der Waals surface area contributed by atoms with Crippen LogP contribution in [0, 0.1) is 0 Å². The molecule has 0 aromatic heterocycles. The van der Waals surface area contributed by atoms with Crippen molar-refractivity contribution in [2.45, 2.75) is 18.6 Å². The minimum absolute atomic E-state index is 0.103. The van der Waals surface area contributed by atoms with Crippen molar-refractivity contribution in [3.63, 3.8) is 0 Å². The first kappa shape index (κ1) is 16.7. The highest BCUT2D eigenvalue weighted by molar-refractivity contribution is 6.32. The van der Waals surface area contributed by atoms with Crippen molar-refractivity contribution < 1.29 is 19.7 Å². The number of halogens is 1. The number of nitrogens with two attached hydrogens (primary N) is 1. The zero-order valence-electron chi connectivity index (χ0n) is 11.4. The van der Waals surface area contributed by atoms with Gasteiger partial charge in [0.1, 0.15) is 6.10 Å². The summed E-state index contributed by atoms with van der Waals surface area (Å²) >= 11 is 6.00. The first-order valence-electron chi connectivity index (χ1n) is 6.10. The molecule has 0 fully saturated rings. The van der Waals surface area contributed by atoms with Gasteiger partial charge >= 0.3 is 5.97 Å². The number of carbonyl (C=O) groups excluding carboxylic acids is 1. The summed E-state index contributed by atoms with van der Waals surface area (Å²) in [5.41, 5.74) is 6.18. The van der Waals surface area contributed by atoms with Gasteiger partial charge in [0.05, 0.1) is 18.8 Å². The van der Waals surface area contributed by atoms with E-state index in [4.69, 9.17) is 17.3 Å². The molecule has 0 spiro atoms. The molecule has 0 saturated carbocycles. The number of hydrogen-bond donors (Lipinski definition) is 4. The van der Waals surface area contributed by atoms with E-state index in [1.54, 1.807) is 7.05 Å². The molecule has 0 aliphatic carbocycles. The predicted molar refractivity (Wildman–Crippen MR) is 76.7 cm³/mol. The van der Waals surface area contributed by atoms with Crippen molar-refractivity contribution in [2.24, 2.45) is 0 Å². The van der Waals surface area contributed by atoms with E-state index in [2.05, 4.69) is 10.1 Å². The molecule has 0 amide bonds. The molecule has 0 bridgehead atoms. The molecule has 1 rings (SSSR count). The maximum absolute atomic E-state index is 11.6. The lowest BCUT2D eigenvalue weighted by Crippen LogP contribution is -2.24. The van der Waals surface area contributed by atoms with Crippen molar-refractivity contribution in [2.75, 3.05) is 26.4 Å². The number of aliphatic hydroxyl groups excluding tert-OH is 2. The Bertz CT molecular complexity index is 482. The number of anilines is 1. The van der Waals surface area contributed by atoms with E-state index in [1.165, 1.54) is 19.2 Å². The Morgan fingerprint density at radius 2 is 2.15 bits per heavy atom. The standard InChI is InChI=1S/C13H19ClN2O4/c1-16-4-3-11(17)12(18)7-5-8(13(19)20-2)10(15)6-9(7)14/h5-6,11-12,16-18H,3-4,15H2,1-2H3. The molecule has 6 nitrogen and oxygen atoms in total. The molecule has 20 heavy (non-hydrogen) atoms. The SMILES string of the molecule is CNCCC(O)C(O)c1cc(C(=O)OC)c(N)cc1Cl. The number of methoxy groups -OCH3 is 1. The average Bonchev–Trinajstić information content (AvgIpc) is 2.43. The van der Waals surface area contributed by atoms with E-state index < -0.39 is 18.2 Å². The van der Waals surface area contributed by atoms with Crippen molar-refractivity contribution in [1.82, 2.24) is 5.32 Å². The smallest absolute Gasteiger partial charge is 0.339 e. The van der Waals surface area contributed by atoms with E-state index in [-0.39, 0.29) is 21.8 Å². The molecular formula is C13H19ClN2O4. The number of ether oxygens (including phenoxy) is 1. The summed E-state index contributed by atoms with van der Waals surface area (Å²) in [7, 11) is 2.97. The van der Waals surface area contributed by atoms with E-state index >= 15 is 0 Å². The highest BCUT2D eigenvalue weighted by Crippen LogP contribution is 2.31. The number of benzene rings is 1. The van der Waals surface area contributed by atoms with Crippen LogP contribution in [0.3, 0.4) is 0 Å². The van der Waals surface area contributed by atoms with Gasteiger partial charge in [0.15, 0.2) is 0 Å². The van der Waals surface area contributed by atoms with Crippen LogP contribution in [0.4, 0.5) is 5.69 Å². The molecule has 0 heterocycles. The second-order valence-electron chi connectivity index (χ2n) is 4.36. The monoisotopic (exact) mass is 302 g/mol. The van der Waals surface area contributed by atoms with Gasteiger partial charge < -0.3 is 26.0 Å². The Balaban J connectivity index is 3.07. The Kier molecular flexibility index (Phi) is 6.22. The topological polar surface area (TPSA) is 105 Å². The molecule has 0 aliphatic heterocycles. The minimum atomic E-state index is -1.21. The molecule has 7 heteroatoms.